The molecule has 1 aromatic carbocycles. The number of rotatable bonds is 2. The molecule has 0 radical (unpaired) electrons. The molecule has 0 unspecified atom stereocenters. The molecule has 0 saturated heterocycles. The number of carbonyl (C=O) groups excluding carboxylic acids is 1. The van der Waals surface area contributed by atoms with E-state index >= 15 is 0 Å². The number of nitrogens with zero attached hydrogens (tertiary/aromatic N) is 2. The normalized spacial score (nSPS) is 10.1. The van der Waals surface area contributed by atoms with Crippen molar-refractivity contribution >= 4 is 23.5 Å². The van der Waals surface area contributed by atoms with E-state index in [1.807, 2.05) is 0 Å². The third kappa shape index (κ3) is 2.54. The second kappa shape index (κ2) is 4.97. The predicted molar refractivity (Wildman–Crippen MR) is 63.1 cm³/mol. The lowest BCUT2D eigenvalue weighted by atomic mass is 10.2. The lowest BCUT2D eigenvalue weighted by Gasteiger charge is -2.06. The van der Waals surface area contributed by atoms with Crippen molar-refractivity contribution in [3.05, 3.63) is 47.0 Å². The lowest BCUT2D eigenvalue weighted by molar-refractivity contribution is 0.101. The summed E-state index contributed by atoms with van der Waals surface area (Å²) in [5.41, 5.74) is -0.471. The summed E-state index contributed by atoms with van der Waals surface area (Å²) in [6.45, 7) is 0. The maximum atomic E-state index is 13.4. The van der Waals surface area contributed by atoms with Gasteiger partial charge in [-0.3, -0.25) is 10.1 Å². The van der Waals surface area contributed by atoms with Gasteiger partial charge in [0.1, 0.15) is 22.3 Å². The van der Waals surface area contributed by atoms with Gasteiger partial charge in [0.05, 0.1) is 0 Å². The van der Waals surface area contributed by atoms with Gasteiger partial charge in [0, 0.05) is 6.20 Å². The van der Waals surface area contributed by atoms with Gasteiger partial charge in [-0.1, -0.05) is 17.7 Å². The van der Waals surface area contributed by atoms with Crippen LogP contribution >= 0.6 is 11.6 Å². The Morgan fingerprint density at radius 1 is 1.39 bits per heavy atom. The number of hydrogen-bond donors (Lipinski definition) is 2. The fraction of sp³-hybridized carbons (Fsp3) is 0. The Morgan fingerprint density at radius 2 is 2.17 bits per heavy atom. The van der Waals surface area contributed by atoms with Crippen LogP contribution in [0.2, 0.25) is 5.15 Å². The molecule has 0 aliphatic heterocycles. The second-order valence-electron chi connectivity index (χ2n) is 3.29. The van der Waals surface area contributed by atoms with Crippen molar-refractivity contribution < 1.29 is 14.3 Å². The highest BCUT2D eigenvalue weighted by Gasteiger charge is 2.17. The molecule has 0 atom stereocenters. The molecule has 2 aromatic rings. The molecule has 0 fully saturated rings. The molecule has 0 aliphatic carbocycles. The molecule has 0 spiro atoms. The fourth-order valence-corrected chi connectivity index (χ4v) is 1.43. The molecule has 2 rings (SSSR count). The fourth-order valence-electron chi connectivity index (χ4n) is 1.30. The van der Waals surface area contributed by atoms with E-state index in [-0.39, 0.29) is 11.1 Å². The number of aromatic nitrogens is 2. The van der Waals surface area contributed by atoms with Gasteiger partial charge in [-0.25, -0.2) is 14.4 Å². The average Bonchev–Trinajstić information content (AvgIpc) is 2.28. The van der Waals surface area contributed by atoms with Crippen LogP contribution < -0.4 is 5.32 Å². The van der Waals surface area contributed by atoms with Gasteiger partial charge in [0.15, 0.2) is 0 Å². The molecule has 5 nitrogen and oxygen atoms in total. The van der Waals surface area contributed by atoms with Crippen molar-refractivity contribution in [1.82, 2.24) is 9.97 Å². The zero-order valence-electron chi connectivity index (χ0n) is 8.89. The highest BCUT2D eigenvalue weighted by atomic mass is 35.5. The monoisotopic (exact) mass is 267 g/mol. The molecule has 7 heteroatoms. The zero-order valence-corrected chi connectivity index (χ0v) is 9.65. The van der Waals surface area contributed by atoms with E-state index in [4.69, 9.17) is 11.6 Å². The van der Waals surface area contributed by atoms with Crippen molar-refractivity contribution in [2.75, 3.05) is 5.32 Å². The van der Waals surface area contributed by atoms with Crippen molar-refractivity contribution in [2.24, 2.45) is 0 Å². The van der Waals surface area contributed by atoms with Crippen molar-refractivity contribution in [1.29, 1.82) is 0 Å². The van der Waals surface area contributed by atoms with Crippen molar-refractivity contribution in [2.45, 2.75) is 0 Å². The SMILES string of the molecule is O=C(Nc1nccc(Cl)n1)c1c(O)cccc1F. The van der Waals surface area contributed by atoms with E-state index in [1.165, 1.54) is 24.4 Å². The van der Waals surface area contributed by atoms with E-state index < -0.39 is 23.0 Å². The van der Waals surface area contributed by atoms with Gasteiger partial charge in [-0.2, -0.15) is 0 Å². The predicted octanol–water partition coefficient (Wildman–Crippen LogP) is 2.23. The molecule has 2 N–H and O–H groups in total. The molecule has 0 saturated carbocycles. The van der Waals surface area contributed by atoms with E-state index in [9.17, 15) is 14.3 Å². The number of amides is 1. The minimum Gasteiger partial charge on any atom is -0.507 e. The summed E-state index contributed by atoms with van der Waals surface area (Å²) < 4.78 is 13.4. The van der Waals surface area contributed by atoms with E-state index in [1.54, 1.807) is 0 Å². The van der Waals surface area contributed by atoms with Gasteiger partial charge in [-0.15, -0.1) is 0 Å². The Morgan fingerprint density at radius 3 is 2.83 bits per heavy atom. The van der Waals surface area contributed by atoms with E-state index in [0.29, 0.717) is 0 Å². The number of benzene rings is 1. The summed E-state index contributed by atoms with van der Waals surface area (Å²) in [7, 11) is 0. The Labute approximate surface area is 106 Å². The van der Waals surface area contributed by atoms with Gasteiger partial charge < -0.3 is 5.11 Å². The van der Waals surface area contributed by atoms with E-state index in [2.05, 4.69) is 15.3 Å². The van der Waals surface area contributed by atoms with Gasteiger partial charge in [-0.05, 0) is 18.2 Å². The number of carbonyl (C=O) groups is 1. The molecule has 1 aromatic heterocycles. The first kappa shape index (κ1) is 12.3. The first-order valence-corrected chi connectivity index (χ1v) is 5.23. The molecule has 0 bridgehead atoms. The first-order valence-electron chi connectivity index (χ1n) is 4.85. The number of anilines is 1. The van der Waals surface area contributed by atoms with Crippen molar-refractivity contribution in [3.63, 3.8) is 0 Å². The molecule has 1 heterocycles. The van der Waals surface area contributed by atoms with Crippen LogP contribution in [0, 0.1) is 5.82 Å². The Balaban J connectivity index is 2.28. The van der Waals surface area contributed by atoms with Gasteiger partial charge in [0.2, 0.25) is 5.95 Å². The van der Waals surface area contributed by atoms with Crippen LogP contribution in [0.5, 0.6) is 5.75 Å². The van der Waals surface area contributed by atoms with Crippen LogP contribution in [-0.4, -0.2) is 21.0 Å². The molecular weight excluding hydrogens is 261 g/mol. The zero-order chi connectivity index (χ0) is 13.1. The van der Waals surface area contributed by atoms with Crippen LogP contribution in [0.25, 0.3) is 0 Å². The number of halogens is 2. The number of nitrogens with one attached hydrogen (secondary N) is 1. The summed E-state index contributed by atoms with van der Waals surface area (Å²) in [4.78, 5) is 19.2. The Bertz CT molecular complexity index is 586. The van der Waals surface area contributed by atoms with Crippen molar-refractivity contribution in [3.8, 4) is 5.75 Å². The van der Waals surface area contributed by atoms with Gasteiger partial charge in [0.25, 0.3) is 5.91 Å². The Hall–Kier alpha value is -2.21. The minimum atomic E-state index is -0.854. The highest BCUT2D eigenvalue weighted by Crippen LogP contribution is 2.20. The maximum absolute atomic E-state index is 13.4. The summed E-state index contributed by atoms with van der Waals surface area (Å²) in [5, 5.41) is 11.8. The average molecular weight is 268 g/mol. The first-order chi connectivity index (χ1) is 8.58. The van der Waals surface area contributed by atoms with Crippen LogP contribution in [-0.2, 0) is 0 Å². The highest BCUT2D eigenvalue weighted by molar-refractivity contribution is 6.29. The van der Waals surface area contributed by atoms with E-state index in [0.717, 1.165) is 6.07 Å². The smallest absolute Gasteiger partial charge is 0.264 e. The minimum absolute atomic E-state index is 0.0739. The third-order valence-corrected chi connectivity index (χ3v) is 2.28. The summed E-state index contributed by atoms with van der Waals surface area (Å²) in [5.74, 6) is -2.23. The summed E-state index contributed by atoms with van der Waals surface area (Å²) in [6, 6.07) is 4.99. The molecule has 0 aliphatic rings. The maximum Gasteiger partial charge on any atom is 0.264 e. The van der Waals surface area contributed by atoms with Crippen LogP contribution in [0.1, 0.15) is 10.4 Å². The molecular formula is C11H7ClFN3O2. The standard InChI is InChI=1S/C11H7ClFN3O2/c12-8-4-5-14-11(15-8)16-10(18)9-6(13)2-1-3-7(9)17/h1-5,17H,(H,14,15,16,18). The molecule has 1 amide bonds. The van der Waals surface area contributed by atoms with Gasteiger partial charge >= 0.3 is 0 Å². The lowest BCUT2D eigenvalue weighted by Crippen LogP contribution is -2.15. The number of phenols is 1. The third-order valence-electron chi connectivity index (χ3n) is 2.07. The van der Waals surface area contributed by atoms with Crippen LogP contribution in [0.3, 0.4) is 0 Å². The largest absolute Gasteiger partial charge is 0.507 e. The summed E-state index contributed by atoms with van der Waals surface area (Å²) in [6.07, 6.45) is 1.34. The number of aromatic hydroxyl groups is 1. The number of phenolic OH excluding ortho intramolecular Hbond substituents is 1. The van der Waals surface area contributed by atoms with Crippen LogP contribution in [0.15, 0.2) is 30.5 Å². The second-order valence-corrected chi connectivity index (χ2v) is 3.68. The summed E-state index contributed by atoms with van der Waals surface area (Å²) >= 11 is 5.61. The Kier molecular flexibility index (Phi) is 3.38. The number of hydrogen-bond acceptors (Lipinski definition) is 4. The topological polar surface area (TPSA) is 75.1 Å². The van der Waals surface area contributed by atoms with Crippen LogP contribution in [0.4, 0.5) is 10.3 Å². The quantitative estimate of drug-likeness (QED) is 0.818. The molecule has 18 heavy (non-hydrogen) atoms. The molecule has 92 valence electrons.